The minimum atomic E-state index is -0.347. The van der Waals surface area contributed by atoms with Crippen LogP contribution in [-0.4, -0.2) is 4.98 Å². The van der Waals surface area contributed by atoms with Crippen molar-refractivity contribution in [3.8, 4) is 6.07 Å². The molecule has 2 aromatic rings. The number of nitriles is 1. The Balaban J connectivity index is 2.21. The predicted octanol–water partition coefficient (Wildman–Crippen LogP) is 3.02. The Bertz CT molecular complexity index is 676. The average molecular weight is 241 g/mol. The number of hydrogen-bond donors (Lipinski definition) is 3. The molecular weight excluding hydrogens is 230 g/mol. The smallest absolute Gasteiger partial charge is 0.119 e. The molecular formula is C13H11N3S. The highest BCUT2D eigenvalue weighted by Gasteiger charge is 2.11. The van der Waals surface area contributed by atoms with E-state index in [1.165, 1.54) is 4.90 Å². The molecule has 0 fully saturated rings. The number of nitrogens with zero attached hydrogens (tertiary/aromatic N) is 1. The molecule has 1 aliphatic heterocycles. The minimum absolute atomic E-state index is 0.347. The van der Waals surface area contributed by atoms with Crippen molar-refractivity contribution in [2.24, 2.45) is 0 Å². The lowest BCUT2D eigenvalue weighted by molar-refractivity contribution is 1.44. The molecule has 0 bridgehead atoms. The molecule has 1 aromatic carbocycles. The van der Waals surface area contributed by atoms with Gasteiger partial charge in [-0.05, 0) is 33.9 Å². The van der Waals surface area contributed by atoms with Crippen LogP contribution < -0.4 is 5.73 Å². The number of aromatic nitrogens is 1. The Labute approximate surface area is 102 Å². The zero-order valence-electron chi connectivity index (χ0n) is 9.01. The van der Waals surface area contributed by atoms with Crippen molar-refractivity contribution in [2.75, 3.05) is 5.73 Å². The number of aromatic amines is 1. The van der Waals surface area contributed by atoms with Gasteiger partial charge in [-0.2, -0.15) is 16.2 Å². The Morgan fingerprint density at radius 3 is 2.71 bits per heavy atom. The fourth-order valence-electron chi connectivity index (χ4n) is 1.99. The van der Waals surface area contributed by atoms with Crippen molar-refractivity contribution in [1.82, 2.24) is 4.98 Å². The number of anilines is 1. The quantitative estimate of drug-likeness (QED) is 0.672. The maximum atomic E-state index is 9.09. The molecule has 0 unspecified atom stereocenters. The molecule has 4 heteroatoms. The molecule has 84 valence electrons. The molecule has 0 spiro atoms. The van der Waals surface area contributed by atoms with Crippen molar-refractivity contribution < 1.29 is 0 Å². The van der Waals surface area contributed by atoms with E-state index in [1.54, 1.807) is 0 Å². The number of H-pyrrole nitrogens is 1. The van der Waals surface area contributed by atoms with Gasteiger partial charge in [-0.3, -0.25) is 0 Å². The summed E-state index contributed by atoms with van der Waals surface area (Å²) in [6.45, 7) is 0. The van der Waals surface area contributed by atoms with Crippen molar-refractivity contribution in [3.05, 3.63) is 46.7 Å². The van der Waals surface area contributed by atoms with E-state index in [-0.39, 0.29) is 10.9 Å². The van der Waals surface area contributed by atoms with Crippen LogP contribution in [0.3, 0.4) is 0 Å². The second-order valence-electron chi connectivity index (χ2n) is 3.85. The number of hydrogen-bond acceptors (Lipinski definition) is 2. The third-order valence-electron chi connectivity index (χ3n) is 2.83. The van der Waals surface area contributed by atoms with Crippen LogP contribution in [0.5, 0.6) is 0 Å². The minimum Gasteiger partial charge on any atom is -0.384 e. The highest BCUT2D eigenvalue weighted by atomic mass is 32.2. The predicted molar refractivity (Wildman–Crippen MR) is 73.0 cm³/mol. The van der Waals surface area contributed by atoms with E-state index in [0.29, 0.717) is 11.4 Å². The summed E-state index contributed by atoms with van der Waals surface area (Å²) in [4.78, 5) is 4.27. The number of benzene rings is 1. The molecule has 0 saturated heterocycles. The highest BCUT2D eigenvalue weighted by molar-refractivity contribution is 8.22. The topological polar surface area (TPSA) is 65.6 Å². The summed E-state index contributed by atoms with van der Waals surface area (Å²) in [5, 5.41) is 14.4. The third-order valence-corrected chi connectivity index (χ3v) is 4.69. The molecule has 1 aromatic heterocycles. The number of nitrogen functional groups attached to an aromatic ring is 1. The monoisotopic (exact) mass is 241 g/mol. The molecule has 2 heterocycles. The first-order valence-electron chi connectivity index (χ1n) is 5.24. The number of rotatable bonds is 1. The van der Waals surface area contributed by atoms with E-state index in [2.05, 4.69) is 46.2 Å². The summed E-state index contributed by atoms with van der Waals surface area (Å²) in [7, 11) is -0.347. The van der Waals surface area contributed by atoms with Gasteiger partial charge in [0.1, 0.15) is 17.5 Å². The SMILES string of the molecule is N#Cc1c(N)[nH]c2ccc([SH]3C=CC=C3)cc12. The van der Waals surface area contributed by atoms with Gasteiger partial charge in [0.25, 0.3) is 0 Å². The summed E-state index contributed by atoms with van der Waals surface area (Å²) in [5.41, 5.74) is 7.23. The van der Waals surface area contributed by atoms with Gasteiger partial charge in [-0.1, -0.05) is 12.2 Å². The Morgan fingerprint density at radius 1 is 1.24 bits per heavy atom. The van der Waals surface area contributed by atoms with E-state index < -0.39 is 0 Å². The molecule has 0 radical (unpaired) electrons. The summed E-state index contributed by atoms with van der Waals surface area (Å²) in [6.07, 6.45) is 4.12. The maximum absolute atomic E-state index is 9.09. The first-order chi connectivity index (χ1) is 8.29. The first-order valence-corrected chi connectivity index (χ1v) is 6.72. The number of thiol groups is 1. The molecule has 0 aliphatic carbocycles. The van der Waals surface area contributed by atoms with Crippen molar-refractivity contribution >= 4 is 27.6 Å². The van der Waals surface area contributed by atoms with Gasteiger partial charge in [0.2, 0.25) is 0 Å². The summed E-state index contributed by atoms with van der Waals surface area (Å²) >= 11 is 0. The van der Waals surface area contributed by atoms with Crippen molar-refractivity contribution in [3.63, 3.8) is 0 Å². The Kier molecular flexibility index (Phi) is 2.20. The number of nitrogens with two attached hydrogens (primary N) is 1. The maximum Gasteiger partial charge on any atom is 0.119 e. The molecule has 3 N–H and O–H groups in total. The van der Waals surface area contributed by atoms with Crippen LogP contribution in [0.25, 0.3) is 10.9 Å². The lowest BCUT2D eigenvalue weighted by atomic mass is 10.2. The molecule has 0 atom stereocenters. The average Bonchev–Trinajstić information content (AvgIpc) is 2.93. The van der Waals surface area contributed by atoms with E-state index in [1.807, 2.05) is 6.07 Å². The fourth-order valence-corrected chi connectivity index (χ4v) is 3.53. The van der Waals surface area contributed by atoms with Crippen LogP contribution >= 0.6 is 10.9 Å². The van der Waals surface area contributed by atoms with E-state index in [9.17, 15) is 0 Å². The number of fused-ring (bicyclic) bond motifs is 1. The molecule has 0 amide bonds. The molecule has 1 aliphatic rings. The van der Waals surface area contributed by atoms with Crippen LogP contribution in [0, 0.1) is 11.3 Å². The zero-order chi connectivity index (χ0) is 11.8. The number of nitrogens with one attached hydrogen (secondary N) is 1. The van der Waals surface area contributed by atoms with Gasteiger partial charge in [0.15, 0.2) is 0 Å². The van der Waals surface area contributed by atoms with Gasteiger partial charge < -0.3 is 10.7 Å². The second-order valence-corrected chi connectivity index (χ2v) is 5.77. The van der Waals surface area contributed by atoms with Crippen LogP contribution in [0.4, 0.5) is 5.82 Å². The van der Waals surface area contributed by atoms with Gasteiger partial charge in [-0.25, -0.2) is 0 Å². The lowest BCUT2D eigenvalue weighted by Crippen LogP contribution is -1.86. The standard InChI is InChI=1S/C13H11N3S/c14-8-11-10-7-9(17-5-1-2-6-17)3-4-12(10)16-13(11)15/h1-7,16-17H,15H2. The zero-order valence-corrected chi connectivity index (χ0v) is 9.91. The molecule has 17 heavy (non-hydrogen) atoms. The van der Waals surface area contributed by atoms with Gasteiger partial charge in [-0.15, -0.1) is 0 Å². The van der Waals surface area contributed by atoms with E-state index in [0.717, 1.165) is 10.9 Å². The molecule has 3 nitrogen and oxygen atoms in total. The summed E-state index contributed by atoms with van der Waals surface area (Å²) in [5.74, 6) is 0.449. The molecule has 3 rings (SSSR count). The largest absolute Gasteiger partial charge is 0.384 e. The third kappa shape index (κ3) is 1.52. The Morgan fingerprint density at radius 2 is 2.00 bits per heavy atom. The normalized spacial score (nSPS) is 15.6. The van der Waals surface area contributed by atoms with Crippen LogP contribution in [0.15, 0.2) is 46.1 Å². The van der Waals surface area contributed by atoms with E-state index >= 15 is 0 Å². The van der Waals surface area contributed by atoms with Gasteiger partial charge in [0, 0.05) is 10.9 Å². The van der Waals surface area contributed by atoms with Crippen molar-refractivity contribution in [2.45, 2.75) is 4.90 Å². The fraction of sp³-hybridized carbons (Fsp3) is 0. The van der Waals surface area contributed by atoms with Crippen LogP contribution in [0.1, 0.15) is 5.56 Å². The van der Waals surface area contributed by atoms with Crippen LogP contribution in [0.2, 0.25) is 0 Å². The molecule has 0 saturated carbocycles. The van der Waals surface area contributed by atoms with Gasteiger partial charge >= 0.3 is 0 Å². The summed E-state index contributed by atoms with van der Waals surface area (Å²) in [6, 6.07) is 8.29. The van der Waals surface area contributed by atoms with E-state index in [4.69, 9.17) is 11.0 Å². The second kappa shape index (κ2) is 3.72. The lowest BCUT2D eigenvalue weighted by Gasteiger charge is -2.09. The van der Waals surface area contributed by atoms with Gasteiger partial charge in [0.05, 0.1) is 0 Å². The number of allylic oxidation sites excluding steroid dienone is 2. The van der Waals surface area contributed by atoms with Crippen molar-refractivity contribution in [1.29, 1.82) is 5.26 Å². The van der Waals surface area contributed by atoms with Crippen LogP contribution in [-0.2, 0) is 0 Å². The highest BCUT2D eigenvalue weighted by Crippen LogP contribution is 2.43. The Hall–Kier alpha value is -2.12. The summed E-state index contributed by atoms with van der Waals surface area (Å²) < 4.78 is 0. The first kappa shape index (κ1) is 10.1.